The summed E-state index contributed by atoms with van der Waals surface area (Å²) in [6, 6.07) is 0.346. The first kappa shape index (κ1) is 12.5. The Bertz CT molecular complexity index is 222. The van der Waals surface area contributed by atoms with Crippen LogP contribution < -0.4 is 5.32 Å². The Balaban J connectivity index is 2.32. The Morgan fingerprint density at radius 1 is 1.47 bits per heavy atom. The second kappa shape index (κ2) is 5.50. The van der Waals surface area contributed by atoms with Crippen LogP contribution in [0.3, 0.4) is 0 Å². The fourth-order valence-corrected chi connectivity index (χ4v) is 1.58. The Morgan fingerprint density at radius 2 is 2.07 bits per heavy atom. The lowest BCUT2D eigenvalue weighted by Crippen LogP contribution is -2.51. The predicted molar refractivity (Wildman–Crippen MR) is 60.4 cm³/mol. The van der Waals surface area contributed by atoms with Gasteiger partial charge in [-0.05, 0) is 20.3 Å². The molecule has 1 aliphatic rings. The van der Waals surface area contributed by atoms with Gasteiger partial charge in [0.25, 0.3) is 0 Å². The maximum Gasteiger partial charge on any atom is 0.162 e. The second-order valence-corrected chi connectivity index (χ2v) is 4.39. The van der Waals surface area contributed by atoms with Crippen LogP contribution in [0.4, 0.5) is 0 Å². The van der Waals surface area contributed by atoms with Crippen molar-refractivity contribution in [2.45, 2.75) is 51.5 Å². The van der Waals surface area contributed by atoms with Gasteiger partial charge in [0.2, 0.25) is 0 Å². The minimum absolute atomic E-state index is 0.133. The second-order valence-electron chi connectivity index (χ2n) is 4.39. The lowest BCUT2D eigenvalue weighted by Gasteiger charge is -2.36. The van der Waals surface area contributed by atoms with E-state index in [1.807, 2.05) is 13.8 Å². The lowest BCUT2D eigenvalue weighted by molar-refractivity contribution is -0.253. The first-order chi connectivity index (χ1) is 7.07. The maximum atomic E-state index is 5.55. The van der Waals surface area contributed by atoms with E-state index in [4.69, 9.17) is 15.9 Å². The van der Waals surface area contributed by atoms with Gasteiger partial charge >= 0.3 is 0 Å². The standard InChI is InChI=1S/C12H21NO2/c1-5-7-10(6-2)13-11-8-14-12(3,4)15-9-11/h2,10-11,13H,5,7-9H2,1,3-4H3. The number of ether oxygens (including phenoxy) is 2. The molecule has 1 unspecified atom stereocenters. The molecule has 0 spiro atoms. The highest BCUT2D eigenvalue weighted by Gasteiger charge is 2.28. The molecule has 0 aromatic heterocycles. The molecule has 1 heterocycles. The molecule has 0 aromatic carbocycles. The van der Waals surface area contributed by atoms with Gasteiger partial charge < -0.3 is 9.47 Å². The molecule has 0 saturated carbocycles. The van der Waals surface area contributed by atoms with Crippen LogP contribution >= 0.6 is 0 Å². The number of rotatable bonds is 4. The summed E-state index contributed by atoms with van der Waals surface area (Å²) in [5.41, 5.74) is 0. The predicted octanol–water partition coefficient (Wildman–Crippen LogP) is 1.53. The van der Waals surface area contributed by atoms with Gasteiger partial charge in [-0.2, -0.15) is 0 Å². The summed E-state index contributed by atoms with van der Waals surface area (Å²) >= 11 is 0. The third-order valence-electron chi connectivity index (χ3n) is 2.48. The topological polar surface area (TPSA) is 30.5 Å². The largest absolute Gasteiger partial charge is 0.349 e. The summed E-state index contributed by atoms with van der Waals surface area (Å²) in [6.07, 6.45) is 7.52. The fraction of sp³-hybridized carbons (Fsp3) is 0.833. The van der Waals surface area contributed by atoms with Crippen molar-refractivity contribution in [3.63, 3.8) is 0 Å². The number of hydrogen-bond donors (Lipinski definition) is 1. The van der Waals surface area contributed by atoms with Gasteiger partial charge in [0.05, 0.1) is 25.3 Å². The van der Waals surface area contributed by atoms with Crippen molar-refractivity contribution in [1.29, 1.82) is 0 Å². The maximum absolute atomic E-state index is 5.55. The highest BCUT2D eigenvalue weighted by molar-refractivity contribution is 4.99. The molecule has 0 radical (unpaired) electrons. The zero-order valence-electron chi connectivity index (χ0n) is 9.88. The van der Waals surface area contributed by atoms with Crippen molar-refractivity contribution in [3.8, 4) is 12.3 Å². The molecule has 1 saturated heterocycles. The number of nitrogens with one attached hydrogen (secondary N) is 1. The highest BCUT2D eigenvalue weighted by Crippen LogP contribution is 2.17. The van der Waals surface area contributed by atoms with Gasteiger partial charge in [0.1, 0.15) is 0 Å². The van der Waals surface area contributed by atoms with E-state index in [1.165, 1.54) is 0 Å². The third-order valence-corrected chi connectivity index (χ3v) is 2.48. The van der Waals surface area contributed by atoms with Gasteiger partial charge in [-0.15, -0.1) is 6.42 Å². The zero-order chi connectivity index (χ0) is 11.3. The monoisotopic (exact) mass is 211 g/mol. The van der Waals surface area contributed by atoms with Gasteiger partial charge in [-0.1, -0.05) is 19.3 Å². The van der Waals surface area contributed by atoms with E-state index in [-0.39, 0.29) is 12.1 Å². The highest BCUT2D eigenvalue weighted by atomic mass is 16.7. The van der Waals surface area contributed by atoms with E-state index in [2.05, 4.69) is 18.2 Å². The average Bonchev–Trinajstić information content (AvgIpc) is 2.20. The summed E-state index contributed by atoms with van der Waals surface area (Å²) in [4.78, 5) is 0. The quantitative estimate of drug-likeness (QED) is 0.715. The van der Waals surface area contributed by atoms with Crippen molar-refractivity contribution in [3.05, 3.63) is 0 Å². The van der Waals surface area contributed by atoms with Crippen molar-refractivity contribution in [2.24, 2.45) is 0 Å². The molecule has 3 heteroatoms. The molecule has 1 atom stereocenters. The number of hydrogen-bond acceptors (Lipinski definition) is 3. The molecular weight excluding hydrogens is 190 g/mol. The van der Waals surface area contributed by atoms with Crippen LogP contribution in [0.1, 0.15) is 33.6 Å². The van der Waals surface area contributed by atoms with E-state index in [1.54, 1.807) is 0 Å². The molecule has 0 amide bonds. The summed E-state index contributed by atoms with van der Waals surface area (Å²) in [6.45, 7) is 7.30. The SMILES string of the molecule is C#CC(CCC)NC1COC(C)(C)OC1. The Morgan fingerprint density at radius 3 is 2.53 bits per heavy atom. The van der Waals surface area contributed by atoms with E-state index < -0.39 is 5.79 Å². The molecule has 15 heavy (non-hydrogen) atoms. The molecule has 1 rings (SSSR count). The van der Waals surface area contributed by atoms with Gasteiger partial charge in [0, 0.05) is 0 Å². The summed E-state index contributed by atoms with van der Waals surface area (Å²) in [5.74, 6) is 2.30. The molecule has 0 bridgehead atoms. The fourth-order valence-electron chi connectivity index (χ4n) is 1.58. The lowest BCUT2D eigenvalue weighted by atomic mass is 10.1. The molecule has 1 fully saturated rings. The van der Waals surface area contributed by atoms with Crippen LogP contribution in [0.25, 0.3) is 0 Å². The normalized spacial score (nSPS) is 23.3. The smallest absolute Gasteiger partial charge is 0.162 e. The molecule has 0 aromatic rings. The molecule has 0 aliphatic carbocycles. The molecular formula is C12H21NO2. The van der Waals surface area contributed by atoms with Crippen LogP contribution in [0.15, 0.2) is 0 Å². The molecule has 1 N–H and O–H groups in total. The minimum Gasteiger partial charge on any atom is -0.349 e. The van der Waals surface area contributed by atoms with Gasteiger partial charge in [0.15, 0.2) is 5.79 Å². The Kier molecular flexibility index (Phi) is 4.59. The summed E-state index contributed by atoms with van der Waals surface area (Å²) in [7, 11) is 0. The molecule has 86 valence electrons. The first-order valence-corrected chi connectivity index (χ1v) is 5.57. The van der Waals surface area contributed by atoms with Gasteiger partial charge in [-0.25, -0.2) is 0 Å². The van der Waals surface area contributed by atoms with E-state index in [0.29, 0.717) is 13.2 Å². The van der Waals surface area contributed by atoms with Crippen molar-refractivity contribution >= 4 is 0 Å². The van der Waals surface area contributed by atoms with Crippen molar-refractivity contribution in [1.82, 2.24) is 5.32 Å². The third kappa shape index (κ3) is 4.21. The van der Waals surface area contributed by atoms with Crippen LogP contribution in [0.2, 0.25) is 0 Å². The first-order valence-electron chi connectivity index (χ1n) is 5.57. The van der Waals surface area contributed by atoms with Gasteiger partial charge in [-0.3, -0.25) is 5.32 Å². The minimum atomic E-state index is -0.450. The summed E-state index contributed by atoms with van der Waals surface area (Å²) < 4.78 is 11.1. The Hall–Kier alpha value is -0.560. The van der Waals surface area contributed by atoms with Crippen LogP contribution in [0, 0.1) is 12.3 Å². The van der Waals surface area contributed by atoms with Crippen LogP contribution in [-0.2, 0) is 9.47 Å². The van der Waals surface area contributed by atoms with Crippen molar-refractivity contribution in [2.75, 3.05) is 13.2 Å². The van der Waals surface area contributed by atoms with E-state index in [9.17, 15) is 0 Å². The van der Waals surface area contributed by atoms with E-state index >= 15 is 0 Å². The molecule has 1 aliphatic heterocycles. The van der Waals surface area contributed by atoms with Crippen molar-refractivity contribution < 1.29 is 9.47 Å². The van der Waals surface area contributed by atoms with E-state index in [0.717, 1.165) is 12.8 Å². The van der Waals surface area contributed by atoms with Crippen LogP contribution in [0.5, 0.6) is 0 Å². The molecule has 3 nitrogen and oxygen atoms in total. The zero-order valence-corrected chi connectivity index (χ0v) is 9.88. The number of terminal acetylenes is 1. The average molecular weight is 211 g/mol. The van der Waals surface area contributed by atoms with Crippen LogP contribution in [-0.4, -0.2) is 31.1 Å². The summed E-state index contributed by atoms with van der Waals surface area (Å²) in [5, 5.41) is 3.36. The Labute approximate surface area is 92.5 Å².